The lowest BCUT2D eigenvalue weighted by atomic mass is 9.94. The molecule has 0 aliphatic carbocycles. The van der Waals surface area contributed by atoms with E-state index in [-0.39, 0.29) is 0 Å². The molecular weight excluding hydrogens is 140 g/mol. The van der Waals surface area contributed by atoms with Crippen molar-refractivity contribution in [3.8, 4) is 0 Å². The first kappa shape index (κ1) is 8.47. The van der Waals surface area contributed by atoms with Crippen LogP contribution in [0, 0.1) is 0 Å². The molecule has 1 aliphatic heterocycles. The van der Waals surface area contributed by atoms with Crippen molar-refractivity contribution in [3.05, 3.63) is 12.2 Å². The number of hydrogen-bond acceptors (Lipinski definition) is 2. The molecule has 0 aromatic heterocycles. The monoisotopic (exact) mass is 154 g/mol. The molecule has 1 unspecified atom stereocenters. The molecule has 0 N–H and O–H groups in total. The highest BCUT2D eigenvalue weighted by Gasteiger charge is 2.34. The zero-order valence-corrected chi connectivity index (χ0v) is 6.93. The lowest BCUT2D eigenvalue weighted by molar-refractivity contribution is -0.125. The molecule has 1 aliphatic rings. The quantitative estimate of drug-likeness (QED) is 0.457. The molecule has 1 heterocycles. The summed E-state index contributed by atoms with van der Waals surface area (Å²) in [5.41, 5.74) is 0.491. The van der Waals surface area contributed by atoms with Crippen LogP contribution in [0.2, 0.25) is 0 Å². The van der Waals surface area contributed by atoms with Gasteiger partial charge in [0, 0.05) is 13.0 Å². The van der Waals surface area contributed by atoms with Crippen molar-refractivity contribution in [3.63, 3.8) is 0 Å². The summed E-state index contributed by atoms with van der Waals surface area (Å²) in [6.07, 6.45) is 3.44. The van der Waals surface area contributed by atoms with E-state index in [1.165, 1.54) is 0 Å². The molecule has 1 rings (SSSR count). The van der Waals surface area contributed by atoms with Gasteiger partial charge in [-0.05, 0) is 19.8 Å². The van der Waals surface area contributed by atoms with Crippen LogP contribution in [0.25, 0.3) is 0 Å². The number of rotatable bonds is 3. The summed E-state index contributed by atoms with van der Waals surface area (Å²) in [6.45, 7) is 6.41. The minimum atomic E-state index is -0.522. The second-order valence-electron chi connectivity index (χ2n) is 3.27. The third-order valence-corrected chi connectivity index (χ3v) is 1.95. The van der Waals surface area contributed by atoms with E-state index in [4.69, 9.17) is 4.74 Å². The van der Waals surface area contributed by atoms with Crippen molar-refractivity contribution in [2.45, 2.75) is 31.8 Å². The van der Waals surface area contributed by atoms with Crippen molar-refractivity contribution >= 4 is 6.29 Å². The third-order valence-electron chi connectivity index (χ3n) is 1.95. The molecule has 2 nitrogen and oxygen atoms in total. The van der Waals surface area contributed by atoms with Crippen molar-refractivity contribution in [2.24, 2.45) is 0 Å². The average molecular weight is 154 g/mol. The van der Waals surface area contributed by atoms with Crippen molar-refractivity contribution < 1.29 is 9.53 Å². The van der Waals surface area contributed by atoms with Gasteiger partial charge in [-0.2, -0.15) is 0 Å². The molecule has 0 aromatic rings. The van der Waals surface area contributed by atoms with Gasteiger partial charge in [0.05, 0.1) is 0 Å². The highest BCUT2D eigenvalue weighted by molar-refractivity contribution is 5.63. The average Bonchev–Trinajstić information content (AvgIpc) is 2.36. The summed E-state index contributed by atoms with van der Waals surface area (Å²) in [4.78, 5) is 10.7. The minimum Gasteiger partial charge on any atom is -0.367 e. The number of carbonyl (C=O) groups is 1. The summed E-state index contributed by atoms with van der Waals surface area (Å²) in [7, 11) is 0. The SMILES string of the molecule is C=C(C)CC1(C=O)CCCO1. The van der Waals surface area contributed by atoms with Crippen LogP contribution in [0.1, 0.15) is 26.2 Å². The Kier molecular flexibility index (Phi) is 2.45. The number of aldehydes is 1. The van der Waals surface area contributed by atoms with Gasteiger partial charge in [0.15, 0.2) is 6.29 Å². The number of carbonyl (C=O) groups excluding carboxylic acids is 1. The molecule has 0 bridgehead atoms. The molecule has 0 spiro atoms. The van der Waals surface area contributed by atoms with Crippen LogP contribution >= 0.6 is 0 Å². The number of hydrogen-bond donors (Lipinski definition) is 0. The molecule has 1 fully saturated rings. The van der Waals surface area contributed by atoms with Crippen LogP contribution in [0.15, 0.2) is 12.2 Å². The fourth-order valence-corrected chi connectivity index (χ4v) is 1.50. The van der Waals surface area contributed by atoms with Gasteiger partial charge in [-0.25, -0.2) is 0 Å². The standard InChI is InChI=1S/C9H14O2/c1-8(2)6-9(7-10)4-3-5-11-9/h7H,1,3-6H2,2H3. The fourth-order valence-electron chi connectivity index (χ4n) is 1.50. The van der Waals surface area contributed by atoms with Crippen LogP contribution in [0.3, 0.4) is 0 Å². The Labute approximate surface area is 67.2 Å². The zero-order valence-electron chi connectivity index (χ0n) is 6.93. The Balaban J connectivity index is 2.59. The molecule has 1 atom stereocenters. The Bertz CT molecular complexity index is 166. The second-order valence-corrected chi connectivity index (χ2v) is 3.27. The molecule has 0 amide bonds. The van der Waals surface area contributed by atoms with Gasteiger partial charge < -0.3 is 9.53 Å². The van der Waals surface area contributed by atoms with Crippen LogP contribution in [-0.2, 0) is 9.53 Å². The molecule has 0 radical (unpaired) electrons. The van der Waals surface area contributed by atoms with Gasteiger partial charge >= 0.3 is 0 Å². The van der Waals surface area contributed by atoms with E-state index in [2.05, 4.69) is 6.58 Å². The van der Waals surface area contributed by atoms with E-state index in [0.29, 0.717) is 13.0 Å². The minimum absolute atomic E-state index is 0.522. The maximum Gasteiger partial charge on any atom is 0.152 e. The van der Waals surface area contributed by atoms with Gasteiger partial charge in [0.1, 0.15) is 5.60 Å². The Morgan fingerprint density at radius 2 is 2.55 bits per heavy atom. The van der Waals surface area contributed by atoms with E-state index in [1.54, 1.807) is 0 Å². The predicted octanol–water partition coefficient (Wildman–Crippen LogP) is 1.70. The molecule has 0 saturated carbocycles. The Hall–Kier alpha value is -0.630. The normalized spacial score (nSPS) is 30.3. The van der Waals surface area contributed by atoms with Crippen molar-refractivity contribution in [2.75, 3.05) is 6.61 Å². The second kappa shape index (κ2) is 3.18. The lowest BCUT2D eigenvalue weighted by Gasteiger charge is -2.20. The predicted molar refractivity (Wildman–Crippen MR) is 43.4 cm³/mol. The maximum absolute atomic E-state index is 10.7. The summed E-state index contributed by atoms with van der Waals surface area (Å²) in [5, 5.41) is 0. The Morgan fingerprint density at radius 3 is 2.91 bits per heavy atom. The van der Waals surface area contributed by atoms with Crippen LogP contribution in [-0.4, -0.2) is 18.5 Å². The molecule has 0 aromatic carbocycles. The van der Waals surface area contributed by atoms with Gasteiger partial charge in [-0.15, -0.1) is 6.58 Å². The molecule has 1 saturated heterocycles. The van der Waals surface area contributed by atoms with Crippen LogP contribution < -0.4 is 0 Å². The summed E-state index contributed by atoms with van der Waals surface area (Å²) in [6, 6.07) is 0. The first-order chi connectivity index (χ1) is 5.18. The van der Waals surface area contributed by atoms with Gasteiger partial charge in [0.2, 0.25) is 0 Å². The lowest BCUT2D eigenvalue weighted by Crippen LogP contribution is -2.29. The fraction of sp³-hybridized carbons (Fsp3) is 0.667. The molecule has 62 valence electrons. The first-order valence-corrected chi connectivity index (χ1v) is 3.93. The van der Waals surface area contributed by atoms with E-state index in [9.17, 15) is 4.79 Å². The van der Waals surface area contributed by atoms with Gasteiger partial charge in [-0.3, -0.25) is 0 Å². The van der Waals surface area contributed by atoms with E-state index < -0.39 is 5.60 Å². The summed E-state index contributed by atoms with van der Waals surface area (Å²) < 4.78 is 5.37. The van der Waals surface area contributed by atoms with E-state index in [0.717, 1.165) is 24.7 Å². The largest absolute Gasteiger partial charge is 0.367 e. The van der Waals surface area contributed by atoms with E-state index >= 15 is 0 Å². The summed E-state index contributed by atoms with van der Waals surface area (Å²) in [5.74, 6) is 0. The van der Waals surface area contributed by atoms with Gasteiger partial charge in [0.25, 0.3) is 0 Å². The van der Waals surface area contributed by atoms with E-state index in [1.807, 2.05) is 6.92 Å². The smallest absolute Gasteiger partial charge is 0.152 e. The molecule has 2 heteroatoms. The van der Waals surface area contributed by atoms with Crippen LogP contribution in [0.5, 0.6) is 0 Å². The highest BCUT2D eigenvalue weighted by Crippen LogP contribution is 2.29. The first-order valence-electron chi connectivity index (χ1n) is 3.93. The van der Waals surface area contributed by atoms with Crippen molar-refractivity contribution in [1.29, 1.82) is 0 Å². The molecule has 11 heavy (non-hydrogen) atoms. The Morgan fingerprint density at radius 1 is 1.82 bits per heavy atom. The third kappa shape index (κ3) is 1.90. The molecular formula is C9H14O2. The highest BCUT2D eigenvalue weighted by atomic mass is 16.5. The number of ether oxygens (including phenoxy) is 1. The van der Waals surface area contributed by atoms with Gasteiger partial charge in [-0.1, -0.05) is 5.57 Å². The summed E-state index contributed by atoms with van der Waals surface area (Å²) >= 11 is 0. The van der Waals surface area contributed by atoms with Crippen molar-refractivity contribution in [1.82, 2.24) is 0 Å². The topological polar surface area (TPSA) is 26.3 Å². The maximum atomic E-state index is 10.7. The van der Waals surface area contributed by atoms with Crippen LogP contribution in [0.4, 0.5) is 0 Å². The zero-order chi connectivity index (χ0) is 8.32.